The third-order valence-electron chi connectivity index (χ3n) is 4.06. The average Bonchev–Trinajstić information content (AvgIpc) is 2.90. The number of rotatable bonds is 3. The summed E-state index contributed by atoms with van der Waals surface area (Å²) in [4.78, 5) is 26.4. The summed E-state index contributed by atoms with van der Waals surface area (Å²) in [6.45, 7) is 6.28. The normalized spacial score (nSPS) is 20.8. The minimum atomic E-state index is -0.730. The maximum absolute atomic E-state index is 12.5. The zero-order valence-electron chi connectivity index (χ0n) is 14.6. The van der Waals surface area contributed by atoms with Gasteiger partial charge in [-0.3, -0.25) is 4.79 Å². The lowest BCUT2D eigenvalue weighted by atomic mass is 9.81. The van der Waals surface area contributed by atoms with Crippen LogP contribution in [0.5, 0.6) is 0 Å². The Hall–Kier alpha value is -1.56. The van der Waals surface area contributed by atoms with E-state index in [9.17, 15) is 9.59 Å². The molecule has 1 aliphatic heterocycles. The Labute approximate surface area is 151 Å². The molecule has 1 unspecified atom stereocenters. The van der Waals surface area contributed by atoms with Crippen molar-refractivity contribution in [2.45, 2.75) is 39.2 Å². The van der Waals surface area contributed by atoms with Crippen LogP contribution < -0.4 is 0 Å². The van der Waals surface area contributed by atoms with Crippen molar-refractivity contribution in [2.24, 2.45) is 5.41 Å². The van der Waals surface area contributed by atoms with E-state index < -0.39 is 11.0 Å². The van der Waals surface area contributed by atoms with Crippen molar-refractivity contribution in [2.75, 3.05) is 20.2 Å². The van der Waals surface area contributed by atoms with Crippen molar-refractivity contribution >= 4 is 28.0 Å². The lowest BCUT2D eigenvalue weighted by molar-refractivity contribution is -0.152. The quantitative estimate of drug-likeness (QED) is 0.727. The minimum Gasteiger partial charge on any atom is -0.469 e. The van der Waals surface area contributed by atoms with E-state index in [1.54, 1.807) is 4.90 Å². The second-order valence-electron chi connectivity index (χ2n) is 7.23. The molecule has 6 heteroatoms. The Morgan fingerprint density at radius 3 is 2.62 bits per heavy atom. The Bertz CT molecular complexity index is 626. The van der Waals surface area contributed by atoms with Crippen molar-refractivity contribution in [1.29, 1.82) is 0 Å². The second-order valence-corrected chi connectivity index (χ2v) is 8.15. The summed E-state index contributed by atoms with van der Waals surface area (Å²) in [6, 6.07) is 7.84. The molecule has 2 rings (SSSR count). The molecule has 1 aromatic carbocycles. The fourth-order valence-corrected chi connectivity index (χ4v) is 3.44. The number of esters is 1. The highest BCUT2D eigenvalue weighted by Crippen LogP contribution is 2.36. The lowest BCUT2D eigenvalue weighted by Crippen LogP contribution is -2.41. The van der Waals surface area contributed by atoms with E-state index in [1.807, 2.05) is 45.0 Å². The molecule has 0 spiro atoms. The van der Waals surface area contributed by atoms with Crippen molar-refractivity contribution in [3.63, 3.8) is 0 Å². The lowest BCUT2D eigenvalue weighted by Gasteiger charge is -2.28. The zero-order chi connectivity index (χ0) is 18.0. The van der Waals surface area contributed by atoms with Gasteiger partial charge >= 0.3 is 12.1 Å². The predicted molar refractivity (Wildman–Crippen MR) is 94.7 cm³/mol. The van der Waals surface area contributed by atoms with Gasteiger partial charge in [0.05, 0.1) is 12.5 Å². The zero-order valence-corrected chi connectivity index (χ0v) is 16.2. The molecule has 5 nitrogen and oxygen atoms in total. The first-order valence-electron chi connectivity index (χ1n) is 7.96. The standard InChI is InChI=1S/C18H24BrNO4/c1-17(2,3)24-16(22)20-9-8-18(12-20,15(21)23-4)11-13-6-5-7-14(19)10-13/h5-7,10H,8-9,11-12H2,1-4H3. The Morgan fingerprint density at radius 1 is 1.33 bits per heavy atom. The molecule has 24 heavy (non-hydrogen) atoms. The molecule has 1 aliphatic rings. The van der Waals surface area contributed by atoms with Gasteiger partial charge in [-0.05, 0) is 51.3 Å². The number of carbonyl (C=O) groups is 2. The Balaban J connectivity index is 2.18. The van der Waals surface area contributed by atoms with Gasteiger partial charge in [-0.15, -0.1) is 0 Å². The smallest absolute Gasteiger partial charge is 0.410 e. The second kappa shape index (κ2) is 7.13. The summed E-state index contributed by atoms with van der Waals surface area (Å²) in [5.74, 6) is -0.284. The first kappa shape index (κ1) is 18.8. The molecule has 0 aromatic heterocycles. The highest BCUT2D eigenvalue weighted by Gasteiger charge is 2.47. The van der Waals surface area contributed by atoms with Crippen LogP contribution in [0.15, 0.2) is 28.7 Å². The van der Waals surface area contributed by atoms with Crippen LogP contribution in [0.25, 0.3) is 0 Å². The molecule has 0 N–H and O–H groups in total. The van der Waals surface area contributed by atoms with Gasteiger partial charge in [0.2, 0.25) is 0 Å². The maximum Gasteiger partial charge on any atom is 0.410 e. The van der Waals surface area contributed by atoms with Crippen LogP contribution in [0, 0.1) is 5.41 Å². The van der Waals surface area contributed by atoms with Gasteiger partial charge in [0, 0.05) is 17.6 Å². The number of likely N-dealkylation sites (tertiary alicyclic amines) is 1. The summed E-state index contributed by atoms with van der Waals surface area (Å²) in [5, 5.41) is 0. The van der Waals surface area contributed by atoms with Gasteiger partial charge in [0.15, 0.2) is 0 Å². The summed E-state index contributed by atoms with van der Waals surface area (Å²) >= 11 is 3.45. The summed E-state index contributed by atoms with van der Waals surface area (Å²) in [5.41, 5.74) is -0.259. The number of benzene rings is 1. The molecule has 0 radical (unpaired) electrons. The van der Waals surface area contributed by atoms with Crippen molar-refractivity contribution < 1.29 is 19.1 Å². The van der Waals surface area contributed by atoms with E-state index in [0.717, 1.165) is 10.0 Å². The number of halogens is 1. The topological polar surface area (TPSA) is 55.8 Å². The maximum atomic E-state index is 12.5. The summed E-state index contributed by atoms with van der Waals surface area (Å²) in [7, 11) is 1.39. The van der Waals surface area contributed by atoms with Gasteiger partial charge in [-0.1, -0.05) is 28.1 Å². The minimum absolute atomic E-state index is 0.284. The number of nitrogens with zero attached hydrogens (tertiary/aromatic N) is 1. The number of methoxy groups -OCH3 is 1. The van der Waals surface area contributed by atoms with Gasteiger partial charge < -0.3 is 14.4 Å². The van der Waals surface area contributed by atoms with E-state index in [-0.39, 0.29) is 12.1 Å². The van der Waals surface area contributed by atoms with Crippen molar-refractivity contribution in [3.8, 4) is 0 Å². The number of hydrogen-bond acceptors (Lipinski definition) is 4. The van der Waals surface area contributed by atoms with Crippen LogP contribution >= 0.6 is 15.9 Å². The third kappa shape index (κ3) is 4.50. The summed E-state index contributed by atoms with van der Waals surface area (Å²) < 4.78 is 11.4. The van der Waals surface area contributed by atoms with Crippen LogP contribution in [0.4, 0.5) is 4.79 Å². The van der Waals surface area contributed by atoms with E-state index in [1.165, 1.54) is 7.11 Å². The number of carbonyl (C=O) groups excluding carboxylic acids is 2. The molecule has 1 heterocycles. The van der Waals surface area contributed by atoms with Crippen LogP contribution in [-0.4, -0.2) is 42.8 Å². The van der Waals surface area contributed by atoms with E-state index in [2.05, 4.69) is 15.9 Å². The molecule has 0 aliphatic carbocycles. The Kier molecular flexibility index (Phi) is 5.58. The van der Waals surface area contributed by atoms with Crippen LogP contribution in [0.1, 0.15) is 32.8 Å². The predicted octanol–water partition coefficient (Wildman–Crippen LogP) is 3.79. The molecule has 1 atom stereocenters. The molecule has 132 valence electrons. The third-order valence-corrected chi connectivity index (χ3v) is 4.55. The van der Waals surface area contributed by atoms with E-state index >= 15 is 0 Å². The van der Waals surface area contributed by atoms with Crippen molar-refractivity contribution in [1.82, 2.24) is 4.90 Å². The van der Waals surface area contributed by atoms with Crippen LogP contribution in [0.3, 0.4) is 0 Å². The fraction of sp³-hybridized carbons (Fsp3) is 0.556. The molecule has 1 aromatic rings. The Morgan fingerprint density at radius 2 is 2.04 bits per heavy atom. The van der Waals surface area contributed by atoms with Crippen molar-refractivity contribution in [3.05, 3.63) is 34.3 Å². The van der Waals surface area contributed by atoms with Gasteiger partial charge in [0.25, 0.3) is 0 Å². The highest BCUT2D eigenvalue weighted by molar-refractivity contribution is 9.10. The van der Waals surface area contributed by atoms with E-state index in [4.69, 9.17) is 9.47 Å². The molecule has 1 amide bonds. The average molecular weight is 398 g/mol. The molecule has 0 saturated carbocycles. The monoisotopic (exact) mass is 397 g/mol. The molecule has 0 bridgehead atoms. The first-order valence-corrected chi connectivity index (χ1v) is 8.75. The molecule has 1 saturated heterocycles. The number of ether oxygens (including phenoxy) is 2. The first-order chi connectivity index (χ1) is 11.1. The van der Waals surface area contributed by atoms with Gasteiger partial charge in [-0.2, -0.15) is 0 Å². The molecular formula is C18H24BrNO4. The SMILES string of the molecule is COC(=O)C1(Cc2cccc(Br)c2)CCN(C(=O)OC(C)(C)C)C1. The largest absolute Gasteiger partial charge is 0.469 e. The van der Waals surface area contributed by atoms with E-state index in [0.29, 0.717) is 25.9 Å². The fourth-order valence-electron chi connectivity index (χ4n) is 2.99. The molecule has 1 fully saturated rings. The van der Waals surface area contributed by atoms with Gasteiger partial charge in [-0.25, -0.2) is 4.79 Å². The van der Waals surface area contributed by atoms with Crippen LogP contribution in [0.2, 0.25) is 0 Å². The van der Waals surface area contributed by atoms with Crippen LogP contribution in [-0.2, 0) is 20.7 Å². The number of amides is 1. The van der Waals surface area contributed by atoms with Gasteiger partial charge in [0.1, 0.15) is 5.60 Å². The number of hydrogen-bond donors (Lipinski definition) is 0. The highest BCUT2D eigenvalue weighted by atomic mass is 79.9. The molecular weight excluding hydrogens is 374 g/mol. The summed E-state index contributed by atoms with van der Waals surface area (Å²) in [6.07, 6.45) is 0.701.